The molecule has 0 saturated carbocycles. The maximum absolute atomic E-state index is 5.82. The summed E-state index contributed by atoms with van der Waals surface area (Å²) in [5.41, 5.74) is 6.74. The number of ether oxygens (including phenoxy) is 1. The van der Waals surface area contributed by atoms with Gasteiger partial charge in [-0.1, -0.05) is 13.8 Å². The Kier molecular flexibility index (Phi) is 6.19. The fourth-order valence-electron chi connectivity index (χ4n) is 1.52. The van der Waals surface area contributed by atoms with Crippen molar-refractivity contribution in [2.75, 3.05) is 11.9 Å². The van der Waals surface area contributed by atoms with E-state index in [4.69, 9.17) is 10.5 Å². The molecular formula is C15H25N3O. The molecule has 0 fully saturated rings. The summed E-state index contributed by atoms with van der Waals surface area (Å²) in [4.78, 5) is 4.28. The Morgan fingerprint density at radius 1 is 1.21 bits per heavy atom. The number of hydrogen-bond donors (Lipinski definition) is 2. The SMILES string of the molecule is CC(C)CCN=C(N)Nc1ccc(OC(C)C)cc1. The number of guanidine groups is 1. The van der Waals surface area contributed by atoms with Crippen molar-refractivity contribution in [3.8, 4) is 5.75 Å². The summed E-state index contributed by atoms with van der Waals surface area (Å²) in [6, 6.07) is 7.71. The largest absolute Gasteiger partial charge is 0.491 e. The van der Waals surface area contributed by atoms with Crippen LogP contribution in [0.25, 0.3) is 0 Å². The van der Waals surface area contributed by atoms with E-state index in [1.807, 2.05) is 38.1 Å². The number of hydrogen-bond acceptors (Lipinski definition) is 2. The second-order valence-electron chi connectivity index (χ2n) is 5.27. The Balaban J connectivity index is 2.48. The lowest BCUT2D eigenvalue weighted by molar-refractivity contribution is 0.242. The molecule has 0 radical (unpaired) electrons. The number of aliphatic imine (C=N–C) groups is 1. The molecule has 0 unspecified atom stereocenters. The van der Waals surface area contributed by atoms with Gasteiger partial charge in [-0.2, -0.15) is 0 Å². The van der Waals surface area contributed by atoms with E-state index in [1.165, 1.54) is 0 Å². The average Bonchev–Trinajstić information content (AvgIpc) is 2.30. The molecule has 1 aromatic rings. The van der Waals surface area contributed by atoms with E-state index >= 15 is 0 Å². The van der Waals surface area contributed by atoms with Crippen LogP contribution in [0.3, 0.4) is 0 Å². The number of nitrogens with two attached hydrogens (primary N) is 1. The third-order valence-electron chi connectivity index (χ3n) is 2.49. The summed E-state index contributed by atoms with van der Waals surface area (Å²) in [5, 5.41) is 3.07. The first-order chi connectivity index (χ1) is 8.97. The van der Waals surface area contributed by atoms with E-state index < -0.39 is 0 Å². The number of nitrogens with zero attached hydrogens (tertiary/aromatic N) is 1. The number of benzene rings is 1. The highest BCUT2D eigenvalue weighted by molar-refractivity contribution is 5.92. The Labute approximate surface area is 116 Å². The van der Waals surface area contributed by atoms with Crippen molar-refractivity contribution in [3.05, 3.63) is 24.3 Å². The van der Waals surface area contributed by atoms with E-state index in [-0.39, 0.29) is 6.10 Å². The number of rotatable bonds is 6. The van der Waals surface area contributed by atoms with Gasteiger partial charge in [0.1, 0.15) is 5.75 Å². The zero-order valence-corrected chi connectivity index (χ0v) is 12.3. The van der Waals surface area contributed by atoms with Crippen molar-refractivity contribution in [2.24, 2.45) is 16.6 Å². The lowest BCUT2D eigenvalue weighted by atomic mass is 10.1. The molecule has 0 aromatic heterocycles. The van der Waals surface area contributed by atoms with Gasteiger partial charge in [-0.3, -0.25) is 4.99 Å². The molecule has 0 atom stereocenters. The molecule has 1 aromatic carbocycles. The summed E-state index contributed by atoms with van der Waals surface area (Å²) in [6.45, 7) is 9.11. The van der Waals surface area contributed by atoms with E-state index in [9.17, 15) is 0 Å². The fourth-order valence-corrected chi connectivity index (χ4v) is 1.52. The second-order valence-corrected chi connectivity index (χ2v) is 5.27. The monoisotopic (exact) mass is 263 g/mol. The van der Waals surface area contributed by atoms with Crippen LogP contribution in [0.15, 0.2) is 29.3 Å². The zero-order valence-electron chi connectivity index (χ0n) is 12.3. The molecule has 1 rings (SSSR count). The summed E-state index contributed by atoms with van der Waals surface area (Å²) in [7, 11) is 0. The molecule has 106 valence electrons. The minimum Gasteiger partial charge on any atom is -0.491 e. The van der Waals surface area contributed by atoms with Crippen LogP contribution in [0.4, 0.5) is 5.69 Å². The predicted octanol–water partition coefficient (Wildman–Crippen LogP) is 3.25. The van der Waals surface area contributed by atoms with Crippen molar-refractivity contribution < 1.29 is 4.74 Å². The van der Waals surface area contributed by atoms with Crippen LogP contribution in [0, 0.1) is 5.92 Å². The molecule has 4 nitrogen and oxygen atoms in total. The molecule has 0 spiro atoms. The van der Waals surface area contributed by atoms with Crippen molar-refractivity contribution >= 4 is 11.6 Å². The van der Waals surface area contributed by atoms with Crippen molar-refractivity contribution in [2.45, 2.75) is 40.2 Å². The predicted molar refractivity (Wildman–Crippen MR) is 81.8 cm³/mol. The van der Waals surface area contributed by atoms with Gasteiger partial charge in [0.15, 0.2) is 5.96 Å². The van der Waals surface area contributed by atoms with E-state index in [2.05, 4.69) is 24.2 Å². The molecule has 0 saturated heterocycles. The summed E-state index contributed by atoms with van der Waals surface area (Å²) in [6.07, 6.45) is 1.23. The van der Waals surface area contributed by atoms with Crippen LogP contribution in [0.2, 0.25) is 0 Å². The van der Waals surface area contributed by atoms with E-state index in [1.54, 1.807) is 0 Å². The summed E-state index contributed by atoms with van der Waals surface area (Å²) in [5.74, 6) is 1.96. The molecule has 0 aliphatic rings. The molecule has 3 N–H and O–H groups in total. The molecule has 0 amide bonds. The van der Waals surface area contributed by atoms with Crippen LogP contribution in [0.1, 0.15) is 34.1 Å². The maximum Gasteiger partial charge on any atom is 0.193 e. The van der Waals surface area contributed by atoms with Gasteiger partial charge in [-0.25, -0.2) is 0 Å². The average molecular weight is 263 g/mol. The van der Waals surface area contributed by atoms with E-state index in [0.29, 0.717) is 11.9 Å². The maximum atomic E-state index is 5.82. The van der Waals surface area contributed by atoms with Gasteiger partial charge in [0.25, 0.3) is 0 Å². The molecule has 0 aliphatic heterocycles. The fraction of sp³-hybridized carbons (Fsp3) is 0.533. The van der Waals surface area contributed by atoms with Crippen molar-refractivity contribution in [3.63, 3.8) is 0 Å². The quantitative estimate of drug-likeness (QED) is 0.612. The Bertz CT molecular complexity index is 396. The second kappa shape index (κ2) is 7.67. The lowest BCUT2D eigenvalue weighted by Crippen LogP contribution is -2.23. The van der Waals surface area contributed by atoms with Gasteiger partial charge in [-0.05, 0) is 50.5 Å². The molecule has 0 bridgehead atoms. The van der Waals surface area contributed by atoms with Crippen LogP contribution >= 0.6 is 0 Å². The van der Waals surface area contributed by atoms with Crippen molar-refractivity contribution in [1.29, 1.82) is 0 Å². The third kappa shape index (κ3) is 6.70. The minimum absolute atomic E-state index is 0.182. The first kappa shape index (κ1) is 15.3. The topological polar surface area (TPSA) is 59.6 Å². The van der Waals surface area contributed by atoms with Gasteiger partial charge in [0.2, 0.25) is 0 Å². The first-order valence-corrected chi connectivity index (χ1v) is 6.81. The Morgan fingerprint density at radius 3 is 2.37 bits per heavy atom. The highest BCUT2D eigenvalue weighted by Gasteiger charge is 1.99. The third-order valence-corrected chi connectivity index (χ3v) is 2.49. The highest BCUT2D eigenvalue weighted by atomic mass is 16.5. The molecule has 0 aliphatic carbocycles. The zero-order chi connectivity index (χ0) is 14.3. The molecular weight excluding hydrogens is 238 g/mol. The van der Waals surface area contributed by atoms with Gasteiger partial charge >= 0.3 is 0 Å². The van der Waals surface area contributed by atoms with Gasteiger partial charge in [-0.15, -0.1) is 0 Å². The lowest BCUT2D eigenvalue weighted by Gasteiger charge is -2.11. The minimum atomic E-state index is 0.182. The number of nitrogens with one attached hydrogen (secondary N) is 1. The molecule has 4 heteroatoms. The van der Waals surface area contributed by atoms with Gasteiger partial charge in [0, 0.05) is 12.2 Å². The van der Waals surface area contributed by atoms with Crippen LogP contribution in [0.5, 0.6) is 5.75 Å². The van der Waals surface area contributed by atoms with Crippen LogP contribution < -0.4 is 15.8 Å². The normalized spacial score (nSPS) is 12.0. The Hall–Kier alpha value is -1.71. The number of anilines is 1. The molecule has 19 heavy (non-hydrogen) atoms. The standard InChI is InChI=1S/C15H25N3O/c1-11(2)9-10-17-15(16)18-13-5-7-14(8-6-13)19-12(3)4/h5-8,11-12H,9-10H2,1-4H3,(H3,16,17,18). The van der Waals surface area contributed by atoms with Crippen LogP contribution in [-0.4, -0.2) is 18.6 Å². The van der Waals surface area contributed by atoms with Crippen LogP contribution in [-0.2, 0) is 0 Å². The van der Waals surface area contributed by atoms with Gasteiger partial charge < -0.3 is 15.8 Å². The van der Waals surface area contributed by atoms with Gasteiger partial charge in [0.05, 0.1) is 6.10 Å². The summed E-state index contributed by atoms with van der Waals surface area (Å²) >= 11 is 0. The first-order valence-electron chi connectivity index (χ1n) is 6.81. The highest BCUT2D eigenvalue weighted by Crippen LogP contribution is 2.16. The van der Waals surface area contributed by atoms with Crippen molar-refractivity contribution in [1.82, 2.24) is 0 Å². The molecule has 0 heterocycles. The smallest absolute Gasteiger partial charge is 0.193 e. The summed E-state index contributed by atoms with van der Waals surface area (Å²) < 4.78 is 5.58. The van der Waals surface area contributed by atoms with E-state index in [0.717, 1.165) is 24.4 Å². The Morgan fingerprint density at radius 2 is 1.84 bits per heavy atom.